The zero-order valence-electron chi connectivity index (χ0n) is 8.80. The van der Waals surface area contributed by atoms with Crippen LogP contribution in [0.25, 0.3) is 0 Å². The van der Waals surface area contributed by atoms with Crippen molar-refractivity contribution >= 4 is 0 Å². The smallest absolute Gasteiger partial charge is 0.0515 e. The molecule has 1 heteroatoms. The Balaban J connectivity index is 3.61. The average Bonchev–Trinajstić information content (AvgIpc) is 1.98. The van der Waals surface area contributed by atoms with Crippen molar-refractivity contribution in [2.45, 2.75) is 53.1 Å². The van der Waals surface area contributed by atoms with E-state index in [-0.39, 0.29) is 6.10 Å². The van der Waals surface area contributed by atoms with Crippen LogP contribution in [0, 0.1) is 5.41 Å². The molecule has 0 amide bonds. The summed E-state index contributed by atoms with van der Waals surface area (Å²) >= 11 is 0. The second kappa shape index (κ2) is 5.36. The van der Waals surface area contributed by atoms with Crippen LogP contribution in [-0.4, -0.2) is 11.2 Å². The van der Waals surface area contributed by atoms with Gasteiger partial charge in [-0.1, -0.05) is 32.9 Å². The maximum atomic E-state index is 9.01. The van der Waals surface area contributed by atoms with Gasteiger partial charge >= 0.3 is 0 Å². The Hall–Kier alpha value is -0.300. The fourth-order valence-corrected chi connectivity index (χ4v) is 0.858. The first kappa shape index (κ1) is 11.7. The van der Waals surface area contributed by atoms with Crippen molar-refractivity contribution in [1.29, 1.82) is 0 Å². The Morgan fingerprint density at radius 1 is 1.42 bits per heavy atom. The summed E-state index contributed by atoms with van der Waals surface area (Å²) in [7, 11) is 0. The molecule has 0 heterocycles. The molecule has 0 rings (SSSR count). The third kappa shape index (κ3) is 6.41. The Bertz CT molecular complexity index is 134. The van der Waals surface area contributed by atoms with Gasteiger partial charge in [0.1, 0.15) is 0 Å². The number of rotatable bonds is 5. The SMILES string of the molecule is CCC(C)(C)/C=C/CCC(C)O. The fraction of sp³-hybridized carbons (Fsp3) is 0.818. The molecule has 0 aliphatic heterocycles. The standard InChI is InChI=1S/C11H22O/c1-5-11(3,4)9-7-6-8-10(2)12/h7,9-10,12H,5-6,8H2,1-4H3/b9-7+. The maximum absolute atomic E-state index is 9.01. The van der Waals surface area contributed by atoms with E-state index in [1.807, 2.05) is 6.92 Å². The molecule has 12 heavy (non-hydrogen) atoms. The first-order chi connectivity index (χ1) is 5.48. The monoisotopic (exact) mass is 170 g/mol. The second-order valence-electron chi connectivity index (χ2n) is 4.17. The minimum Gasteiger partial charge on any atom is -0.393 e. The highest BCUT2D eigenvalue weighted by atomic mass is 16.3. The first-order valence-electron chi connectivity index (χ1n) is 4.83. The zero-order chi connectivity index (χ0) is 9.61. The van der Waals surface area contributed by atoms with Crippen molar-refractivity contribution < 1.29 is 5.11 Å². The zero-order valence-corrected chi connectivity index (χ0v) is 8.80. The van der Waals surface area contributed by atoms with Crippen LogP contribution in [0.2, 0.25) is 0 Å². The van der Waals surface area contributed by atoms with Crippen LogP contribution in [0.15, 0.2) is 12.2 Å². The lowest BCUT2D eigenvalue weighted by Crippen LogP contribution is -2.04. The summed E-state index contributed by atoms with van der Waals surface area (Å²) in [5.41, 5.74) is 0.318. The Morgan fingerprint density at radius 2 is 2.00 bits per heavy atom. The van der Waals surface area contributed by atoms with Gasteiger partial charge in [0.25, 0.3) is 0 Å². The molecule has 0 fully saturated rings. The molecule has 0 aliphatic carbocycles. The molecule has 0 radical (unpaired) electrons. The van der Waals surface area contributed by atoms with Gasteiger partial charge in [0, 0.05) is 0 Å². The fourth-order valence-electron chi connectivity index (χ4n) is 0.858. The van der Waals surface area contributed by atoms with Crippen LogP contribution >= 0.6 is 0 Å². The third-order valence-electron chi connectivity index (χ3n) is 2.23. The van der Waals surface area contributed by atoms with Gasteiger partial charge in [-0.2, -0.15) is 0 Å². The molecule has 1 nitrogen and oxygen atoms in total. The highest BCUT2D eigenvalue weighted by Gasteiger charge is 2.08. The van der Waals surface area contributed by atoms with Crippen molar-refractivity contribution in [3.8, 4) is 0 Å². The molecule has 0 saturated heterocycles. The van der Waals surface area contributed by atoms with Gasteiger partial charge < -0.3 is 5.11 Å². The molecule has 0 spiro atoms. The minimum atomic E-state index is -0.167. The topological polar surface area (TPSA) is 20.2 Å². The van der Waals surface area contributed by atoms with Crippen LogP contribution < -0.4 is 0 Å². The van der Waals surface area contributed by atoms with Gasteiger partial charge in [0.15, 0.2) is 0 Å². The minimum absolute atomic E-state index is 0.167. The number of aliphatic hydroxyl groups excluding tert-OH is 1. The van der Waals surface area contributed by atoms with Crippen LogP contribution in [-0.2, 0) is 0 Å². The summed E-state index contributed by atoms with van der Waals surface area (Å²) in [6, 6.07) is 0. The number of hydrogen-bond acceptors (Lipinski definition) is 1. The predicted octanol–water partition coefficient (Wildman–Crippen LogP) is 3.14. The molecule has 0 aliphatic rings. The van der Waals surface area contributed by atoms with Gasteiger partial charge in [-0.05, 0) is 31.6 Å². The van der Waals surface area contributed by atoms with E-state index >= 15 is 0 Å². The molecular formula is C11H22O. The summed E-state index contributed by atoms with van der Waals surface area (Å²) in [4.78, 5) is 0. The van der Waals surface area contributed by atoms with E-state index in [9.17, 15) is 0 Å². The molecule has 0 aromatic rings. The second-order valence-corrected chi connectivity index (χ2v) is 4.17. The van der Waals surface area contributed by atoms with Crippen molar-refractivity contribution in [3.63, 3.8) is 0 Å². The van der Waals surface area contributed by atoms with Crippen LogP contribution in [0.3, 0.4) is 0 Å². The lowest BCUT2D eigenvalue weighted by molar-refractivity contribution is 0.185. The summed E-state index contributed by atoms with van der Waals surface area (Å²) in [5.74, 6) is 0. The molecule has 1 atom stereocenters. The molecule has 1 N–H and O–H groups in total. The summed E-state index contributed by atoms with van der Waals surface area (Å²) in [6.45, 7) is 8.48. The average molecular weight is 170 g/mol. The Morgan fingerprint density at radius 3 is 2.42 bits per heavy atom. The third-order valence-corrected chi connectivity index (χ3v) is 2.23. The number of hydrogen-bond donors (Lipinski definition) is 1. The van der Waals surface area contributed by atoms with Crippen molar-refractivity contribution in [3.05, 3.63) is 12.2 Å². The first-order valence-corrected chi connectivity index (χ1v) is 4.83. The van der Waals surface area contributed by atoms with Crippen LogP contribution in [0.4, 0.5) is 0 Å². The maximum Gasteiger partial charge on any atom is 0.0515 e. The Kier molecular flexibility index (Phi) is 5.23. The molecule has 0 aromatic heterocycles. The molecular weight excluding hydrogens is 148 g/mol. The van der Waals surface area contributed by atoms with E-state index < -0.39 is 0 Å². The van der Waals surface area contributed by atoms with Gasteiger partial charge in [-0.3, -0.25) is 0 Å². The lowest BCUT2D eigenvalue weighted by atomic mass is 9.89. The van der Waals surface area contributed by atoms with Gasteiger partial charge in [-0.15, -0.1) is 0 Å². The highest BCUT2D eigenvalue weighted by Crippen LogP contribution is 2.21. The van der Waals surface area contributed by atoms with Crippen molar-refractivity contribution in [2.24, 2.45) is 5.41 Å². The number of aliphatic hydroxyl groups is 1. The van der Waals surface area contributed by atoms with E-state index in [1.165, 1.54) is 0 Å². The summed E-state index contributed by atoms with van der Waals surface area (Å²) < 4.78 is 0. The molecule has 0 bridgehead atoms. The number of allylic oxidation sites excluding steroid dienone is 2. The molecule has 72 valence electrons. The molecule has 0 saturated carbocycles. The predicted molar refractivity (Wildman–Crippen MR) is 54.1 cm³/mol. The van der Waals surface area contributed by atoms with Gasteiger partial charge in [-0.25, -0.2) is 0 Å². The Labute approximate surface area is 76.5 Å². The summed E-state index contributed by atoms with van der Waals surface area (Å²) in [5, 5.41) is 9.01. The van der Waals surface area contributed by atoms with Crippen molar-refractivity contribution in [2.75, 3.05) is 0 Å². The van der Waals surface area contributed by atoms with Gasteiger partial charge in [0.05, 0.1) is 6.10 Å². The normalized spacial score (nSPS) is 15.4. The van der Waals surface area contributed by atoms with E-state index in [2.05, 4.69) is 32.9 Å². The molecule has 0 aromatic carbocycles. The van der Waals surface area contributed by atoms with E-state index in [4.69, 9.17) is 5.11 Å². The van der Waals surface area contributed by atoms with Crippen LogP contribution in [0.5, 0.6) is 0 Å². The largest absolute Gasteiger partial charge is 0.393 e. The van der Waals surface area contributed by atoms with Crippen molar-refractivity contribution in [1.82, 2.24) is 0 Å². The van der Waals surface area contributed by atoms with E-state index in [0.29, 0.717) is 5.41 Å². The van der Waals surface area contributed by atoms with Gasteiger partial charge in [0.2, 0.25) is 0 Å². The quantitative estimate of drug-likeness (QED) is 0.628. The van der Waals surface area contributed by atoms with E-state index in [0.717, 1.165) is 19.3 Å². The highest BCUT2D eigenvalue weighted by molar-refractivity contribution is 4.93. The lowest BCUT2D eigenvalue weighted by Gasteiger charge is -2.16. The van der Waals surface area contributed by atoms with Crippen LogP contribution in [0.1, 0.15) is 47.0 Å². The van der Waals surface area contributed by atoms with E-state index in [1.54, 1.807) is 0 Å². The molecule has 1 unspecified atom stereocenters. The summed E-state index contributed by atoms with van der Waals surface area (Å²) in [6.07, 6.45) is 7.28.